The van der Waals surface area contributed by atoms with Crippen molar-refractivity contribution in [2.24, 2.45) is 5.73 Å². The van der Waals surface area contributed by atoms with Gasteiger partial charge in [0.15, 0.2) is 0 Å². The molecular formula is C24H27Cl2F4N3O. The molecule has 186 valence electrons. The number of nitrogens with two attached hydrogens (primary N) is 1. The van der Waals surface area contributed by atoms with E-state index in [2.05, 4.69) is 0 Å². The van der Waals surface area contributed by atoms with E-state index in [1.807, 2.05) is 18.0 Å². The van der Waals surface area contributed by atoms with Gasteiger partial charge in [0.25, 0.3) is 0 Å². The minimum Gasteiger partial charge on any atom is -0.340 e. The predicted molar refractivity (Wildman–Crippen MR) is 125 cm³/mol. The molecule has 0 radical (unpaired) electrons. The maximum Gasteiger partial charge on any atom is 0.419 e. The molecule has 4 nitrogen and oxygen atoms in total. The van der Waals surface area contributed by atoms with Gasteiger partial charge >= 0.3 is 6.18 Å². The highest BCUT2D eigenvalue weighted by molar-refractivity contribution is 6.42. The second-order valence-corrected chi connectivity index (χ2v) is 9.43. The molecule has 0 spiro atoms. The van der Waals surface area contributed by atoms with Crippen LogP contribution in [0.15, 0.2) is 36.4 Å². The highest BCUT2D eigenvalue weighted by Gasteiger charge is 2.39. The van der Waals surface area contributed by atoms with Gasteiger partial charge in [0.05, 0.1) is 15.6 Å². The molecule has 0 bridgehead atoms. The lowest BCUT2D eigenvalue weighted by Crippen LogP contribution is -2.38. The van der Waals surface area contributed by atoms with Gasteiger partial charge in [0.2, 0.25) is 5.91 Å². The molecule has 1 amide bonds. The van der Waals surface area contributed by atoms with Crippen molar-refractivity contribution in [1.82, 2.24) is 9.80 Å². The molecule has 1 aliphatic heterocycles. The summed E-state index contributed by atoms with van der Waals surface area (Å²) in [6, 6.07) is 8.14. The first kappa shape index (κ1) is 26.7. The van der Waals surface area contributed by atoms with Crippen LogP contribution in [0.5, 0.6) is 0 Å². The fourth-order valence-electron chi connectivity index (χ4n) is 4.38. The Morgan fingerprint density at radius 1 is 1.12 bits per heavy atom. The SMILES string of the molecule is CN(Cc1ccc(C(F)(F)F)c(F)c1)C1CN(C(=O)CCCCN)CC1c1ccc(Cl)c(Cl)c1. The van der Waals surface area contributed by atoms with Crippen LogP contribution < -0.4 is 5.73 Å². The Hall–Kier alpha value is -1.87. The van der Waals surface area contributed by atoms with Gasteiger partial charge < -0.3 is 10.6 Å². The molecule has 2 unspecified atom stereocenters. The number of carbonyl (C=O) groups is 1. The summed E-state index contributed by atoms with van der Waals surface area (Å²) in [5, 5.41) is 0.821. The summed E-state index contributed by atoms with van der Waals surface area (Å²) in [5.74, 6) is -1.38. The highest BCUT2D eigenvalue weighted by atomic mass is 35.5. The summed E-state index contributed by atoms with van der Waals surface area (Å²) in [7, 11) is 1.81. The predicted octanol–water partition coefficient (Wildman–Crippen LogP) is 5.71. The number of hydrogen-bond donors (Lipinski definition) is 1. The number of rotatable bonds is 8. The average molecular weight is 520 g/mol. The van der Waals surface area contributed by atoms with Crippen LogP contribution in [0.3, 0.4) is 0 Å². The molecule has 10 heteroatoms. The highest BCUT2D eigenvalue weighted by Crippen LogP contribution is 2.36. The molecule has 2 aromatic rings. The summed E-state index contributed by atoms with van der Waals surface area (Å²) in [5.41, 5.74) is 5.55. The van der Waals surface area contributed by atoms with Gasteiger partial charge in [-0.3, -0.25) is 9.69 Å². The maximum absolute atomic E-state index is 14.1. The van der Waals surface area contributed by atoms with Gasteiger partial charge in [0, 0.05) is 38.0 Å². The fourth-order valence-corrected chi connectivity index (χ4v) is 4.68. The summed E-state index contributed by atoms with van der Waals surface area (Å²) in [6.07, 6.45) is -2.89. The Morgan fingerprint density at radius 3 is 2.47 bits per heavy atom. The van der Waals surface area contributed by atoms with Crippen LogP contribution >= 0.6 is 23.2 Å². The van der Waals surface area contributed by atoms with Crippen molar-refractivity contribution in [3.8, 4) is 0 Å². The first-order chi connectivity index (χ1) is 16.0. The van der Waals surface area contributed by atoms with Gasteiger partial charge in [-0.1, -0.05) is 35.3 Å². The molecule has 34 heavy (non-hydrogen) atoms. The van der Waals surface area contributed by atoms with E-state index in [0.717, 1.165) is 24.1 Å². The summed E-state index contributed by atoms with van der Waals surface area (Å²) in [4.78, 5) is 16.5. The molecule has 0 aromatic heterocycles. The van der Waals surface area contributed by atoms with Gasteiger partial charge in [0.1, 0.15) is 5.82 Å². The van der Waals surface area contributed by atoms with E-state index >= 15 is 0 Å². The van der Waals surface area contributed by atoms with Crippen LogP contribution in [0, 0.1) is 5.82 Å². The molecule has 1 aliphatic rings. The average Bonchev–Trinajstić information content (AvgIpc) is 3.21. The smallest absolute Gasteiger partial charge is 0.340 e. The zero-order valence-corrected chi connectivity index (χ0v) is 20.2. The number of alkyl halides is 3. The zero-order valence-electron chi connectivity index (χ0n) is 18.7. The maximum atomic E-state index is 14.1. The van der Waals surface area contributed by atoms with Crippen LogP contribution in [0.25, 0.3) is 0 Å². The fraction of sp³-hybridized carbons (Fsp3) is 0.458. The summed E-state index contributed by atoms with van der Waals surface area (Å²) < 4.78 is 52.8. The molecule has 0 aliphatic carbocycles. The van der Waals surface area contributed by atoms with Crippen LogP contribution in [0.4, 0.5) is 17.6 Å². The first-order valence-electron chi connectivity index (χ1n) is 11.0. The number of amides is 1. The third-order valence-corrected chi connectivity index (χ3v) is 6.93. The number of hydrogen-bond acceptors (Lipinski definition) is 3. The van der Waals surface area contributed by atoms with Crippen molar-refractivity contribution in [2.45, 2.75) is 43.9 Å². The topological polar surface area (TPSA) is 49.6 Å². The van der Waals surface area contributed by atoms with Crippen molar-refractivity contribution in [1.29, 1.82) is 0 Å². The minimum atomic E-state index is -4.75. The lowest BCUT2D eigenvalue weighted by atomic mass is 9.93. The van der Waals surface area contributed by atoms with E-state index in [1.54, 1.807) is 17.0 Å². The molecule has 2 atom stereocenters. The second kappa shape index (κ2) is 11.2. The lowest BCUT2D eigenvalue weighted by Gasteiger charge is -2.29. The first-order valence-corrected chi connectivity index (χ1v) is 11.8. The van der Waals surface area contributed by atoms with Gasteiger partial charge in [-0.15, -0.1) is 0 Å². The molecule has 3 rings (SSSR count). The van der Waals surface area contributed by atoms with Crippen molar-refractivity contribution < 1.29 is 22.4 Å². The summed E-state index contributed by atoms with van der Waals surface area (Å²) in [6.45, 7) is 1.64. The number of halogens is 6. The number of likely N-dealkylation sites (N-methyl/N-ethyl adjacent to an activating group) is 1. The van der Waals surface area contributed by atoms with E-state index in [-0.39, 0.29) is 24.4 Å². The normalized spacial score (nSPS) is 18.7. The van der Waals surface area contributed by atoms with E-state index in [0.29, 0.717) is 48.1 Å². The molecule has 1 heterocycles. The molecule has 2 aromatic carbocycles. The Labute approximate surface area is 206 Å². The van der Waals surface area contributed by atoms with E-state index < -0.39 is 17.6 Å². The number of carbonyl (C=O) groups excluding carboxylic acids is 1. The molecular weight excluding hydrogens is 493 g/mol. The molecule has 2 N–H and O–H groups in total. The van der Waals surface area contributed by atoms with Gasteiger partial charge in [-0.05, 0) is 61.8 Å². The molecule has 1 fully saturated rings. The number of likely N-dealkylation sites (tertiary alicyclic amines) is 1. The third-order valence-electron chi connectivity index (χ3n) is 6.20. The quantitative estimate of drug-likeness (QED) is 0.359. The Kier molecular flexibility index (Phi) is 8.84. The Balaban J connectivity index is 1.82. The van der Waals surface area contributed by atoms with E-state index in [9.17, 15) is 22.4 Å². The third kappa shape index (κ3) is 6.42. The number of nitrogens with zero attached hydrogens (tertiary/aromatic N) is 2. The largest absolute Gasteiger partial charge is 0.419 e. The zero-order chi connectivity index (χ0) is 25.0. The Bertz CT molecular complexity index is 1020. The van der Waals surface area contributed by atoms with Gasteiger partial charge in [-0.25, -0.2) is 4.39 Å². The standard InChI is InChI=1S/C24H27Cl2F4N3O/c1-32(12-15-5-7-18(21(27)10-15)24(28,29)30)22-14-33(23(34)4-2-3-9-31)13-17(22)16-6-8-19(25)20(26)11-16/h5-8,10-11,17,22H,2-4,9,12-14,31H2,1H3. The van der Waals surface area contributed by atoms with Crippen LogP contribution in [-0.4, -0.2) is 48.4 Å². The van der Waals surface area contributed by atoms with Crippen molar-refractivity contribution in [2.75, 3.05) is 26.7 Å². The summed E-state index contributed by atoms with van der Waals surface area (Å²) >= 11 is 12.3. The van der Waals surface area contributed by atoms with E-state index in [1.165, 1.54) is 6.07 Å². The number of unbranched alkanes of at least 4 members (excludes halogenated alkanes) is 1. The minimum absolute atomic E-state index is 0.0231. The Morgan fingerprint density at radius 2 is 1.85 bits per heavy atom. The number of benzene rings is 2. The van der Waals surface area contributed by atoms with Crippen molar-refractivity contribution >= 4 is 29.1 Å². The van der Waals surface area contributed by atoms with Gasteiger partial charge in [-0.2, -0.15) is 13.2 Å². The lowest BCUT2D eigenvalue weighted by molar-refractivity contribution is -0.140. The second-order valence-electron chi connectivity index (χ2n) is 8.62. The van der Waals surface area contributed by atoms with Crippen LogP contribution in [0.1, 0.15) is 41.9 Å². The molecule has 0 saturated carbocycles. The molecule has 1 saturated heterocycles. The van der Waals surface area contributed by atoms with Crippen LogP contribution in [0.2, 0.25) is 10.0 Å². The van der Waals surface area contributed by atoms with E-state index in [4.69, 9.17) is 28.9 Å². The van der Waals surface area contributed by atoms with Crippen molar-refractivity contribution in [3.63, 3.8) is 0 Å². The van der Waals surface area contributed by atoms with Crippen molar-refractivity contribution in [3.05, 3.63) is 69.0 Å². The van der Waals surface area contributed by atoms with Crippen LogP contribution in [-0.2, 0) is 17.5 Å². The monoisotopic (exact) mass is 519 g/mol.